The zero-order valence-corrected chi connectivity index (χ0v) is 24.7. The molecule has 0 bridgehead atoms. The number of hydrogen-bond acceptors (Lipinski definition) is 3. The summed E-state index contributed by atoms with van der Waals surface area (Å²) >= 11 is 8.12. The minimum absolute atomic E-state index is 0.224. The van der Waals surface area contributed by atoms with Gasteiger partial charge in [0.15, 0.2) is 12.2 Å². The van der Waals surface area contributed by atoms with Gasteiger partial charge in [0, 0.05) is 18.2 Å². The number of aryl methyl sites for hydroxylation is 1. The molecule has 38 heavy (non-hydrogen) atoms. The van der Waals surface area contributed by atoms with Crippen molar-refractivity contribution >= 4 is 34.5 Å². The number of carbonyl (C=O) groups excluding carboxylic acids is 1. The van der Waals surface area contributed by atoms with E-state index < -0.39 is 0 Å². The fourth-order valence-corrected chi connectivity index (χ4v) is 5.54. The zero-order chi connectivity index (χ0) is 27.0. The van der Waals surface area contributed by atoms with Gasteiger partial charge in [-0.15, -0.1) is 0 Å². The van der Waals surface area contributed by atoms with Gasteiger partial charge >= 0.3 is 0 Å². The van der Waals surface area contributed by atoms with E-state index in [-0.39, 0.29) is 5.91 Å². The first-order valence-corrected chi connectivity index (χ1v) is 15.6. The van der Waals surface area contributed by atoms with Crippen molar-refractivity contribution in [1.82, 2.24) is 0 Å². The Labute approximate surface area is 238 Å². The lowest BCUT2D eigenvalue weighted by molar-refractivity contribution is -0.689. The van der Waals surface area contributed by atoms with Crippen LogP contribution < -0.4 is 14.6 Å². The molecule has 6 heteroatoms. The van der Waals surface area contributed by atoms with Gasteiger partial charge in [0.05, 0.1) is 22.6 Å². The third-order valence-corrected chi connectivity index (χ3v) is 8.06. The molecule has 0 aliphatic rings. The van der Waals surface area contributed by atoms with Crippen LogP contribution >= 0.6 is 22.9 Å². The van der Waals surface area contributed by atoms with E-state index >= 15 is 0 Å². The van der Waals surface area contributed by atoms with E-state index in [0.29, 0.717) is 22.9 Å². The van der Waals surface area contributed by atoms with Crippen LogP contribution in [0.3, 0.4) is 0 Å². The van der Waals surface area contributed by atoms with Gasteiger partial charge in [-0.2, -0.15) is 4.57 Å². The molecule has 2 aromatic carbocycles. The van der Waals surface area contributed by atoms with Gasteiger partial charge in [0.25, 0.3) is 5.91 Å². The normalized spacial score (nSPS) is 11.0. The van der Waals surface area contributed by atoms with Crippen molar-refractivity contribution in [1.29, 1.82) is 0 Å². The van der Waals surface area contributed by atoms with E-state index in [2.05, 4.69) is 34.6 Å². The number of carbonyl (C=O) groups is 1. The number of halogens is 1. The summed E-state index contributed by atoms with van der Waals surface area (Å²) in [4.78, 5) is 12.8. The number of thiazole rings is 1. The average Bonchev–Trinajstić information content (AvgIpc) is 3.32. The smallest absolute Gasteiger partial charge is 0.257 e. The minimum Gasteiger partial charge on any atom is -0.494 e. The Morgan fingerprint density at radius 3 is 2.11 bits per heavy atom. The minimum atomic E-state index is -0.224. The monoisotopic (exact) mass is 555 g/mol. The van der Waals surface area contributed by atoms with Gasteiger partial charge in [-0.05, 0) is 36.8 Å². The first kappa shape index (κ1) is 30.2. The Bertz CT molecular complexity index is 1100. The van der Waals surface area contributed by atoms with Gasteiger partial charge in [-0.1, -0.05) is 113 Å². The fourth-order valence-electron chi connectivity index (χ4n) is 4.51. The summed E-state index contributed by atoms with van der Waals surface area (Å²) in [6, 6.07) is 13.2. The second-order valence-electron chi connectivity index (χ2n) is 10.2. The highest BCUT2D eigenvalue weighted by molar-refractivity contribution is 7.07. The first-order valence-electron chi connectivity index (χ1n) is 14.3. The Balaban J connectivity index is 1.31. The summed E-state index contributed by atoms with van der Waals surface area (Å²) in [6.07, 6.45) is 15.9. The maximum atomic E-state index is 12.8. The maximum Gasteiger partial charge on any atom is 0.257 e. The molecule has 4 nitrogen and oxygen atoms in total. The van der Waals surface area contributed by atoms with Crippen LogP contribution in [0.15, 0.2) is 53.4 Å². The van der Waals surface area contributed by atoms with Crippen LogP contribution in [0.25, 0.3) is 0 Å². The van der Waals surface area contributed by atoms with E-state index in [9.17, 15) is 4.79 Å². The van der Waals surface area contributed by atoms with E-state index in [4.69, 9.17) is 16.3 Å². The molecule has 3 aromatic rings. The van der Waals surface area contributed by atoms with Crippen molar-refractivity contribution in [2.75, 3.05) is 11.9 Å². The molecular weight excluding hydrogens is 512 g/mol. The molecule has 1 heterocycles. The van der Waals surface area contributed by atoms with Crippen molar-refractivity contribution in [3.05, 3.63) is 75.2 Å². The molecule has 0 aliphatic carbocycles. The van der Waals surface area contributed by atoms with E-state index in [1.165, 1.54) is 81.9 Å². The predicted molar refractivity (Wildman–Crippen MR) is 161 cm³/mol. The molecule has 1 aromatic heterocycles. The highest BCUT2D eigenvalue weighted by Gasteiger charge is 2.13. The van der Waals surface area contributed by atoms with Gasteiger partial charge in [0.2, 0.25) is 5.51 Å². The number of aromatic nitrogens is 1. The van der Waals surface area contributed by atoms with Crippen molar-refractivity contribution in [3.63, 3.8) is 0 Å². The summed E-state index contributed by atoms with van der Waals surface area (Å²) in [7, 11) is 0. The number of nitrogens with zero attached hydrogens (tertiary/aromatic N) is 1. The number of nitrogens with one attached hydrogen (secondary N) is 1. The molecule has 1 N–H and O–H groups in total. The van der Waals surface area contributed by atoms with Gasteiger partial charge in [0.1, 0.15) is 5.75 Å². The third kappa shape index (κ3) is 10.8. The van der Waals surface area contributed by atoms with Crippen molar-refractivity contribution in [3.8, 4) is 5.75 Å². The van der Waals surface area contributed by atoms with Crippen LogP contribution in [0, 0.1) is 6.92 Å². The SMILES string of the molecule is CCCCCCCCCCCCCCOc1ccc(C(=O)Nc2ccc(C[n+]3cscc3C)cc2)c(Cl)c1. The molecule has 0 atom stereocenters. The molecule has 0 unspecified atom stereocenters. The van der Waals surface area contributed by atoms with E-state index in [0.717, 1.165) is 18.7 Å². The highest BCUT2D eigenvalue weighted by atomic mass is 35.5. The molecule has 0 radical (unpaired) electrons. The Kier molecular flexibility index (Phi) is 13.7. The molecular formula is C32H44ClN2O2S+. The summed E-state index contributed by atoms with van der Waals surface area (Å²) in [6.45, 7) is 5.86. The summed E-state index contributed by atoms with van der Waals surface area (Å²) in [5, 5.41) is 5.47. The number of amides is 1. The lowest BCUT2D eigenvalue weighted by atomic mass is 10.1. The van der Waals surface area contributed by atoms with Gasteiger partial charge in [-0.3, -0.25) is 4.79 Å². The Morgan fingerprint density at radius 2 is 1.53 bits per heavy atom. The molecule has 0 saturated heterocycles. The van der Waals surface area contributed by atoms with Crippen LogP contribution in [0.1, 0.15) is 106 Å². The lowest BCUT2D eigenvalue weighted by Gasteiger charge is -2.10. The van der Waals surface area contributed by atoms with Crippen LogP contribution in [-0.2, 0) is 6.54 Å². The number of rotatable bonds is 18. The quantitative estimate of drug-likeness (QED) is 0.125. The maximum absolute atomic E-state index is 12.8. The van der Waals surface area contributed by atoms with Crippen molar-refractivity contribution in [2.24, 2.45) is 0 Å². The largest absolute Gasteiger partial charge is 0.494 e. The topological polar surface area (TPSA) is 42.2 Å². The number of hydrogen-bond donors (Lipinski definition) is 1. The molecule has 3 rings (SSSR count). The average molecular weight is 556 g/mol. The van der Waals surface area contributed by atoms with E-state index in [1.54, 1.807) is 23.5 Å². The first-order chi connectivity index (χ1) is 18.6. The molecule has 0 aliphatic heterocycles. The molecule has 206 valence electrons. The molecule has 0 fully saturated rings. The second kappa shape index (κ2) is 17.3. The summed E-state index contributed by atoms with van der Waals surface area (Å²) in [5.74, 6) is 0.485. The molecule has 0 spiro atoms. The Morgan fingerprint density at radius 1 is 0.895 bits per heavy atom. The number of unbranched alkanes of at least 4 members (excludes halogenated alkanes) is 11. The van der Waals surface area contributed by atoms with Crippen molar-refractivity contribution in [2.45, 2.75) is 97.4 Å². The van der Waals surface area contributed by atoms with Gasteiger partial charge in [-0.25, -0.2) is 0 Å². The van der Waals surface area contributed by atoms with Crippen LogP contribution in [0.2, 0.25) is 5.02 Å². The van der Waals surface area contributed by atoms with Crippen LogP contribution in [-0.4, -0.2) is 12.5 Å². The van der Waals surface area contributed by atoms with Crippen LogP contribution in [0.4, 0.5) is 5.69 Å². The second-order valence-corrected chi connectivity index (χ2v) is 11.3. The molecule has 1 amide bonds. The van der Waals surface area contributed by atoms with E-state index in [1.807, 2.05) is 30.3 Å². The van der Waals surface area contributed by atoms with Gasteiger partial charge < -0.3 is 10.1 Å². The third-order valence-electron chi connectivity index (χ3n) is 6.90. The molecule has 0 saturated carbocycles. The number of benzene rings is 2. The zero-order valence-electron chi connectivity index (χ0n) is 23.1. The van der Waals surface area contributed by atoms with Crippen molar-refractivity contribution < 1.29 is 14.1 Å². The standard InChI is InChI=1S/C32H43ClN2O2S/c1-3-4-5-6-7-8-9-10-11-12-13-14-21-37-29-19-20-30(31(33)22-29)32(36)34-28-17-15-27(16-18-28)23-35-25-38-24-26(35)2/h15-20,22,24-25H,3-14,21,23H2,1-2H3/p+1. The Hall–Kier alpha value is -2.37. The number of anilines is 1. The summed E-state index contributed by atoms with van der Waals surface area (Å²) in [5.41, 5.74) is 5.72. The predicted octanol–water partition coefficient (Wildman–Crippen LogP) is 9.38. The highest BCUT2D eigenvalue weighted by Crippen LogP contribution is 2.24. The fraction of sp³-hybridized carbons (Fsp3) is 0.500. The summed E-state index contributed by atoms with van der Waals surface area (Å²) < 4.78 is 8.09. The lowest BCUT2D eigenvalue weighted by Crippen LogP contribution is -2.34. The van der Waals surface area contributed by atoms with Crippen LogP contribution in [0.5, 0.6) is 5.75 Å². The number of ether oxygens (including phenoxy) is 1.